The highest BCUT2D eigenvalue weighted by molar-refractivity contribution is 5.93. The fraction of sp³-hybridized carbons (Fsp3) is 0.765. The molecule has 23 heavy (non-hydrogen) atoms. The molecule has 6 heteroatoms. The van der Waals surface area contributed by atoms with Crippen LogP contribution in [0.4, 0.5) is 4.79 Å². The number of carbonyl (C=O) groups is 2. The molecule has 2 fully saturated rings. The summed E-state index contributed by atoms with van der Waals surface area (Å²) < 4.78 is 5.14. The van der Waals surface area contributed by atoms with Crippen molar-refractivity contribution in [2.75, 3.05) is 26.2 Å². The summed E-state index contributed by atoms with van der Waals surface area (Å²) in [5.74, 6) is 0.453. The summed E-state index contributed by atoms with van der Waals surface area (Å²) in [6.07, 6.45) is 7.70. The molecule has 0 bridgehead atoms. The molecule has 0 spiro atoms. The van der Waals surface area contributed by atoms with Crippen LogP contribution in [-0.4, -0.2) is 49.2 Å². The number of esters is 1. The summed E-state index contributed by atoms with van der Waals surface area (Å²) >= 11 is 0. The molecule has 0 aromatic rings. The van der Waals surface area contributed by atoms with Gasteiger partial charge in [-0.3, -0.25) is 4.90 Å². The predicted molar refractivity (Wildman–Crippen MR) is 86.7 cm³/mol. The molecule has 0 aromatic heterocycles. The third-order valence-corrected chi connectivity index (χ3v) is 5.30. The van der Waals surface area contributed by atoms with E-state index >= 15 is 0 Å². The van der Waals surface area contributed by atoms with Gasteiger partial charge in [0.15, 0.2) is 0 Å². The molecule has 2 N–H and O–H groups in total. The molecule has 2 heterocycles. The van der Waals surface area contributed by atoms with Crippen LogP contribution in [0.5, 0.6) is 0 Å². The summed E-state index contributed by atoms with van der Waals surface area (Å²) in [6, 6.07) is 0.366. The molecule has 0 aromatic carbocycles. The minimum absolute atomic E-state index is 0.231. The number of nitrogens with one attached hydrogen (secondary N) is 2. The number of urea groups is 1. The van der Waals surface area contributed by atoms with E-state index in [1.165, 1.54) is 38.5 Å². The van der Waals surface area contributed by atoms with Crippen LogP contribution < -0.4 is 10.6 Å². The lowest BCUT2D eigenvalue weighted by Crippen LogP contribution is -2.51. The zero-order valence-corrected chi connectivity index (χ0v) is 13.9. The third kappa shape index (κ3) is 3.68. The first-order chi connectivity index (χ1) is 11.2. The summed E-state index contributed by atoms with van der Waals surface area (Å²) in [6.45, 7) is 4.08. The number of likely N-dealkylation sites (tertiary alicyclic amines) is 1. The first-order valence-electron chi connectivity index (χ1n) is 8.87. The lowest BCUT2D eigenvalue weighted by atomic mass is 9.78. The standard InChI is InChI=1S/C17H27N3O3/c1-2-23-16(21)13-10-18-17(22)19-14(13)11-20-9-5-7-12-6-3-4-8-15(12)20/h12,15H,2-11H2,1H3,(H2,18,19,22)/t12-,15+/m1/s1. The largest absolute Gasteiger partial charge is 0.463 e. The van der Waals surface area contributed by atoms with Crippen LogP contribution in [0.25, 0.3) is 0 Å². The smallest absolute Gasteiger partial charge is 0.337 e. The Morgan fingerprint density at radius 1 is 1.26 bits per heavy atom. The lowest BCUT2D eigenvalue weighted by Gasteiger charge is -2.44. The van der Waals surface area contributed by atoms with E-state index in [4.69, 9.17) is 4.74 Å². The van der Waals surface area contributed by atoms with E-state index in [1.54, 1.807) is 6.92 Å². The topological polar surface area (TPSA) is 70.7 Å². The number of amides is 2. The minimum atomic E-state index is -0.327. The molecule has 0 unspecified atom stereocenters. The van der Waals surface area contributed by atoms with Crippen molar-refractivity contribution in [2.45, 2.75) is 51.5 Å². The van der Waals surface area contributed by atoms with Crippen LogP contribution in [0.3, 0.4) is 0 Å². The number of rotatable bonds is 4. The maximum absolute atomic E-state index is 12.1. The second-order valence-corrected chi connectivity index (χ2v) is 6.71. The number of nitrogens with zero attached hydrogens (tertiary/aromatic N) is 1. The Hall–Kier alpha value is -1.56. The summed E-state index contributed by atoms with van der Waals surface area (Å²) in [5.41, 5.74) is 1.28. The van der Waals surface area contributed by atoms with Crippen LogP contribution >= 0.6 is 0 Å². The van der Waals surface area contributed by atoms with Gasteiger partial charge in [0.2, 0.25) is 0 Å². The Morgan fingerprint density at radius 2 is 2.04 bits per heavy atom. The molecule has 128 valence electrons. The number of carbonyl (C=O) groups excluding carboxylic acids is 2. The van der Waals surface area contributed by atoms with Gasteiger partial charge in [0.25, 0.3) is 0 Å². The highest BCUT2D eigenvalue weighted by Gasteiger charge is 2.35. The summed E-state index contributed by atoms with van der Waals surface area (Å²) in [5, 5.41) is 5.50. The highest BCUT2D eigenvalue weighted by Crippen LogP contribution is 2.35. The summed E-state index contributed by atoms with van der Waals surface area (Å²) in [4.78, 5) is 26.3. The maximum atomic E-state index is 12.1. The first-order valence-corrected chi connectivity index (χ1v) is 8.87. The lowest BCUT2D eigenvalue weighted by molar-refractivity contribution is -0.138. The van der Waals surface area contributed by atoms with E-state index in [-0.39, 0.29) is 18.5 Å². The highest BCUT2D eigenvalue weighted by atomic mass is 16.5. The van der Waals surface area contributed by atoms with Crippen LogP contribution in [-0.2, 0) is 9.53 Å². The summed E-state index contributed by atoms with van der Waals surface area (Å²) in [7, 11) is 0. The Morgan fingerprint density at radius 3 is 2.87 bits per heavy atom. The third-order valence-electron chi connectivity index (χ3n) is 5.30. The average molecular weight is 321 g/mol. The van der Waals surface area contributed by atoms with Gasteiger partial charge in [0, 0.05) is 18.3 Å². The normalized spacial score (nSPS) is 28.7. The maximum Gasteiger partial charge on any atom is 0.337 e. The number of fused-ring (bicyclic) bond motifs is 1. The molecule has 2 atom stereocenters. The van der Waals surface area contributed by atoms with E-state index in [0.717, 1.165) is 18.2 Å². The van der Waals surface area contributed by atoms with E-state index in [9.17, 15) is 9.59 Å². The zero-order chi connectivity index (χ0) is 16.2. The van der Waals surface area contributed by atoms with Crippen LogP contribution in [0.1, 0.15) is 45.4 Å². The van der Waals surface area contributed by atoms with Crippen molar-refractivity contribution in [1.29, 1.82) is 0 Å². The van der Waals surface area contributed by atoms with Gasteiger partial charge in [-0.2, -0.15) is 0 Å². The quantitative estimate of drug-likeness (QED) is 0.774. The van der Waals surface area contributed by atoms with Crippen molar-refractivity contribution in [2.24, 2.45) is 5.92 Å². The Balaban J connectivity index is 1.76. The van der Waals surface area contributed by atoms with E-state index in [0.29, 0.717) is 24.8 Å². The fourth-order valence-electron chi connectivity index (χ4n) is 4.21. The molecular formula is C17H27N3O3. The van der Waals surface area contributed by atoms with Gasteiger partial charge in [-0.15, -0.1) is 0 Å². The van der Waals surface area contributed by atoms with E-state index in [2.05, 4.69) is 15.5 Å². The van der Waals surface area contributed by atoms with Gasteiger partial charge >= 0.3 is 12.0 Å². The molecule has 3 rings (SSSR count). The Labute approximate surface area is 137 Å². The minimum Gasteiger partial charge on any atom is -0.463 e. The molecule has 1 saturated heterocycles. The van der Waals surface area contributed by atoms with Crippen molar-refractivity contribution in [3.63, 3.8) is 0 Å². The fourth-order valence-corrected chi connectivity index (χ4v) is 4.21. The molecule has 2 amide bonds. The molecule has 0 radical (unpaired) electrons. The van der Waals surface area contributed by atoms with Crippen LogP contribution in [0.15, 0.2) is 11.3 Å². The molecule has 1 saturated carbocycles. The molecule has 6 nitrogen and oxygen atoms in total. The second kappa shape index (κ2) is 7.34. The molecule has 2 aliphatic heterocycles. The number of hydrogen-bond acceptors (Lipinski definition) is 4. The Kier molecular flexibility index (Phi) is 5.20. The zero-order valence-electron chi connectivity index (χ0n) is 13.9. The van der Waals surface area contributed by atoms with Crippen molar-refractivity contribution in [3.8, 4) is 0 Å². The van der Waals surface area contributed by atoms with Gasteiger partial charge in [-0.1, -0.05) is 12.8 Å². The van der Waals surface area contributed by atoms with E-state index < -0.39 is 0 Å². The van der Waals surface area contributed by atoms with Gasteiger partial charge < -0.3 is 15.4 Å². The monoisotopic (exact) mass is 321 g/mol. The van der Waals surface area contributed by atoms with Gasteiger partial charge in [0.05, 0.1) is 18.7 Å². The van der Waals surface area contributed by atoms with Gasteiger partial charge in [-0.25, -0.2) is 9.59 Å². The number of ether oxygens (including phenoxy) is 1. The first kappa shape index (κ1) is 16.3. The number of hydrogen-bond donors (Lipinski definition) is 2. The van der Waals surface area contributed by atoms with Crippen molar-refractivity contribution < 1.29 is 14.3 Å². The van der Waals surface area contributed by atoms with Crippen LogP contribution in [0, 0.1) is 5.92 Å². The van der Waals surface area contributed by atoms with Crippen molar-refractivity contribution in [1.82, 2.24) is 15.5 Å². The SMILES string of the molecule is CCOC(=O)C1=C(CN2CCC[C@H]3CCCC[C@@H]32)NC(=O)NC1. The van der Waals surface area contributed by atoms with Gasteiger partial charge in [0.1, 0.15) is 0 Å². The average Bonchev–Trinajstić information content (AvgIpc) is 2.55. The molecular weight excluding hydrogens is 294 g/mol. The van der Waals surface area contributed by atoms with Crippen LogP contribution in [0.2, 0.25) is 0 Å². The predicted octanol–water partition coefficient (Wildman–Crippen LogP) is 1.77. The van der Waals surface area contributed by atoms with Crippen molar-refractivity contribution >= 4 is 12.0 Å². The molecule has 1 aliphatic carbocycles. The van der Waals surface area contributed by atoms with E-state index in [1.807, 2.05) is 0 Å². The Bertz CT molecular complexity index is 501. The van der Waals surface area contributed by atoms with Gasteiger partial charge in [-0.05, 0) is 45.1 Å². The van der Waals surface area contributed by atoms with Crippen molar-refractivity contribution in [3.05, 3.63) is 11.3 Å². The molecule has 3 aliphatic rings. The number of piperidine rings is 1. The second-order valence-electron chi connectivity index (χ2n) is 6.71.